The number of carbonyl (C=O) groups excluding carboxylic acids is 1. The molecule has 0 aliphatic carbocycles. The standard InChI is InChI=1S/C26H24N8O/c1-19-27-23-18-20(12-13-24(23)33(19)21-8-4-2-5-9-21)25(35)31-14-16-32(17-15-31)26-28-29-30-34(26)22-10-6-3-7-11-22/h2-13,18H,14-17H2,1H3. The Morgan fingerprint density at radius 3 is 2.23 bits per heavy atom. The van der Waals surface area contributed by atoms with E-state index in [-0.39, 0.29) is 5.91 Å². The number of para-hydroxylation sites is 2. The van der Waals surface area contributed by atoms with Crippen molar-refractivity contribution in [3.63, 3.8) is 0 Å². The van der Waals surface area contributed by atoms with E-state index in [9.17, 15) is 4.79 Å². The Kier molecular flexibility index (Phi) is 5.21. The summed E-state index contributed by atoms with van der Waals surface area (Å²) in [6.07, 6.45) is 0. The number of aryl methyl sites for hydroxylation is 1. The molecule has 2 aromatic heterocycles. The number of rotatable bonds is 4. The number of hydrogen-bond donors (Lipinski definition) is 0. The number of imidazole rings is 1. The fourth-order valence-corrected chi connectivity index (χ4v) is 4.64. The fraction of sp³-hybridized carbons (Fsp3) is 0.192. The fourth-order valence-electron chi connectivity index (χ4n) is 4.64. The van der Waals surface area contributed by atoms with Gasteiger partial charge in [-0.1, -0.05) is 41.5 Å². The summed E-state index contributed by atoms with van der Waals surface area (Å²) in [4.78, 5) is 22.0. The van der Waals surface area contributed by atoms with Gasteiger partial charge in [0, 0.05) is 37.4 Å². The van der Waals surface area contributed by atoms with Gasteiger partial charge >= 0.3 is 0 Å². The van der Waals surface area contributed by atoms with Crippen molar-refractivity contribution in [1.29, 1.82) is 0 Å². The Morgan fingerprint density at radius 1 is 0.829 bits per heavy atom. The van der Waals surface area contributed by atoms with Crippen LogP contribution in [0.5, 0.6) is 0 Å². The Labute approximate surface area is 202 Å². The second-order valence-electron chi connectivity index (χ2n) is 8.54. The lowest BCUT2D eigenvalue weighted by Crippen LogP contribution is -2.49. The molecule has 1 aliphatic rings. The Bertz CT molecular complexity index is 1480. The predicted octanol–water partition coefficient (Wildman–Crippen LogP) is 3.27. The summed E-state index contributed by atoms with van der Waals surface area (Å²) in [5.74, 6) is 1.59. The maximum Gasteiger partial charge on any atom is 0.254 e. The van der Waals surface area contributed by atoms with Crippen LogP contribution in [0.1, 0.15) is 16.2 Å². The summed E-state index contributed by atoms with van der Waals surface area (Å²) in [6.45, 7) is 4.48. The molecule has 9 nitrogen and oxygen atoms in total. The van der Waals surface area contributed by atoms with Crippen molar-refractivity contribution in [1.82, 2.24) is 34.7 Å². The van der Waals surface area contributed by atoms with Crippen molar-refractivity contribution in [2.45, 2.75) is 6.92 Å². The molecule has 0 spiro atoms. The Balaban J connectivity index is 1.19. The molecule has 35 heavy (non-hydrogen) atoms. The Hall–Kier alpha value is -4.53. The first-order valence-corrected chi connectivity index (χ1v) is 11.6. The number of aromatic nitrogens is 6. The topological polar surface area (TPSA) is 85.0 Å². The van der Waals surface area contributed by atoms with Crippen molar-refractivity contribution in [3.8, 4) is 11.4 Å². The maximum atomic E-state index is 13.3. The summed E-state index contributed by atoms with van der Waals surface area (Å²) < 4.78 is 3.84. The van der Waals surface area contributed by atoms with E-state index in [1.54, 1.807) is 4.68 Å². The summed E-state index contributed by atoms with van der Waals surface area (Å²) in [5, 5.41) is 12.2. The summed E-state index contributed by atoms with van der Waals surface area (Å²) in [6, 6.07) is 25.7. The molecule has 0 unspecified atom stereocenters. The number of anilines is 1. The molecule has 0 atom stereocenters. The molecule has 0 radical (unpaired) electrons. The van der Waals surface area contributed by atoms with Gasteiger partial charge in [-0.2, -0.15) is 4.68 Å². The van der Waals surface area contributed by atoms with Gasteiger partial charge < -0.3 is 9.80 Å². The van der Waals surface area contributed by atoms with Crippen molar-refractivity contribution in [3.05, 3.63) is 90.3 Å². The molecule has 174 valence electrons. The zero-order valence-corrected chi connectivity index (χ0v) is 19.3. The van der Waals surface area contributed by atoms with Crippen LogP contribution in [-0.4, -0.2) is 66.7 Å². The third-order valence-corrected chi connectivity index (χ3v) is 6.39. The Morgan fingerprint density at radius 2 is 1.51 bits per heavy atom. The van der Waals surface area contributed by atoms with E-state index >= 15 is 0 Å². The molecule has 5 aromatic rings. The van der Waals surface area contributed by atoms with Crippen molar-refractivity contribution in [2.24, 2.45) is 0 Å². The number of amides is 1. The van der Waals surface area contributed by atoms with Crippen molar-refractivity contribution < 1.29 is 4.79 Å². The molecule has 1 fully saturated rings. The first kappa shape index (κ1) is 21.0. The third-order valence-electron chi connectivity index (χ3n) is 6.39. The number of tetrazole rings is 1. The summed E-state index contributed by atoms with van der Waals surface area (Å²) in [7, 11) is 0. The van der Waals surface area contributed by atoms with E-state index < -0.39 is 0 Å². The van der Waals surface area contributed by atoms with Crippen molar-refractivity contribution >= 4 is 22.9 Å². The first-order valence-electron chi connectivity index (χ1n) is 11.6. The molecule has 3 heterocycles. The van der Waals surface area contributed by atoms with Crippen LogP contribution in [0.15, 0.2) is 78.9 Å². The van der Waals surface area contributed by atoms with E-state index in [2.05, 4.69) is 37.1 Å². The summed E-state index contributed by atoms with van der Waals surface area (Å²) >= 11 is 0. The lowest BCUT2D eigenvalue weighted by atomic mass is 10.1. The highest BCUT2D eigenvalue weighted by Gasteiger charge is 2.26. The molecule has 1 amide bonds. The molecule has 0 N–H and O–H groups in total. The molecule has 6 rings (SSSR count). The lowest BCUT2D eigenvalue weighted by molar-refractivity contribution is 0.0746. The SMILES string of the molecule is Cc1nc2cc(C(=O)N3CCN(c4nnnn4-c4ccccc4)CC3)ccc2n1-c1ccccc1. The van der Waals surface area contributed by atoms with Crippen LogP contribution >= 0.6 is 0 Å². The van der Waals surface area contributed by atoms with E-state index in [0.29, 0.717) is 37.7 Å². The van der Waals surface area contributed by atoms with Gasteiger partial charge in [-0.25, -0.2) is 4.98 Å². The van der Waals surface area contributed by atoms with Crippen LogP contribution in [0.4, 0.5) is 5.95 Å². The van der Waals surface area contributed by atoms with Gasteiger partial charge in [-0.05, 0) is 59.8 Å². The lowest BCUT2D eigenvalue weighted by Gasteiger charge is -2.34. The minimum Gasteiger partial charge on any atom is -0.336 e. The highest BCUT2D eigenvalue weighted by Crippen LogP contribution is 2.24. The molecule has 1 aliphatic heterocycles. The number of piperazine rings is 1. The van der Waals surface area contributed by atoms with E-state index in [1.807, 2.05) is 78.6 Å². The van der Waals surface area contributed by atoms with Crippen LogP contribution in [0.2, 0.25) is 0 Å². The van der Waals surface area contributed by atoms with E-state index in [0.717, 1.165) is 28.2 Å². The minimum atomic E-state index is 0.0149. The number of fused-ring (bicyclic) bond motifs is 1. The van der Waals surface area contributed by atoms with E-state index in [1.165, 1.54) is 0 Å². The second kappa shape index (κ2) is 8.68. The maximum absolute atomic E-state index is 13.3. The average molecular weight is 465 g/mol. The monoisotopic (exact) mass is 464 g/mol. The minimum absolute atomic E-state index is 0.0149. The average Bonchev–Trinajstić information content (AvgIpc) is 3.53. The normalized spacial score (nSPS) is 14.0. The van der Waals surface area contributed by atoms with Gasteiger partial charge in [-0.3, -0.25) is 9.36 Å². The highest BCUT2D eigenvalue weighted by molar-refractivity contribution is 5.97. The van der Waals surface area contributed by atoms with Gasteiger partial charge in [0.1, 0.15) is 5.82 Å². The van der Waals surface area contributed by atoms with Crippen LogP contribution in [-0.2, 0) is 0 Å². The zero-order valence-electron chi connectivity index (χ0n) is 19.3. The van der Waals surface area contributed by atoms with Crippen LogP contribution in [0.25, 0.3) is 22.4 Å². The van der Waals surface area contributed by atoms with Gasteiger partial charge in [0.25, 0.3) is 5.91 Å². The number of carbonyl (C=O) groups is 1. The smallest absolute Gasteiger partial charge is 0.254 e. The molecule has 3 aromatic carbocycles. The van der Waals surface area contributed by atoms with Gasteiger partial charge in [0.15, 0.2) is 0 Å². The zero-order chi connectivity index (χ0) is 23.8. The van der Waals surface area contributed by atoms with Crippen LogP contribution in [0, 0.1) is 6.92 Å². The molecule has 9 heteroatoms. The van der Waals surface area contributed by atoms with Crippen LogP contribution in [0.3, 0.4) is 0 Å². The van der Waals surface area contributed by atoms with Crippen molar-refractivity contribution in [2.75, 3.05) is 31.1 Å². The summed E-state index contributed by atoms with van der Waals surface area (Å²) in [5.41, 5.74) is 4.42. The second-order valence-corrected chi connectivity index (χ2v) is 8.54. The predicted molar refractivity (Wildman–Crippen MR) is 133 cm³/mol. The first-order chi connectivity index (χ1) is 17.2. The quantitative estimate of drug-likeness (QED) is 0.406. The molecule has 0 saturated carbocycles. The largest absolute Gasteiger partial charge is 0.336 e. The van der Waals surface area contributed by atoms with E-state index in [4.69, 9.17) is 4.98 Å². The van der Waals surface area contributed by atoms with Gasteiger partial charge in [0.05, 0.1) is 16.7 Å². The number of hydrogen-bond acceptors (Lipinski definition) is 6. The molecule has 0 bridgehead atoms. The van der Waals surface area contributed by atoms with Gasteiger partial charge in [0.2, 0.25) is 5.95 Å². The third kappa shape index (κ3) is 3.80. The van der Waals surface area contributed by atoms with Gasteiger partial charge in [-0.15, -0.1) is 0 Å². The molecule has 1 saturated heterocycles. The number of nitrogens with zero attached hydrogens (tertiary/aromatic N) is 8. The highest BCUT2D eigenvalue weighted by atomic mass is 16.2. The van der Waals surface area contributed by atoms with Crippen LogP contribution < -0.4 is 4.90 Å². The number of benzene rings is 3. The molecular weight excluding hydrogens is 440 g/mol. The molecular formula is C26H24N8O.